The number of esters is 1. The normalized spacial score (nSPS) is 13.5. The minimum atomic E-state index is -1.84. The molecule has 0 saturated carbocycles. The highest BCUT2D eigenvalue weighted by Crippen LogP contribution is 2.44. The zero-order valence-electron chi connectivity index (χ0n) is 23.9. The number of nitrogens with two attached hydrogens (primary N) is 2. The molecule has 1 aliphatic rings. The Balaban J connectivity index is 1.24. The average Bonchev–Trinajstić information content (AvgIpc) is 3.35. The second-order valence-corrected chi connectivity index (χ2v) is 10.8. The van der Waals surface area contributed by atoms with Crippen LogP contribution in [0.15, 0.2) is 103 Å². The zero-order chi connectivity index (χ0) is 29.5. The van der Waals surface area contributed by atoms with Gasteiger partial charge >= 0.3 is 5.97 Å². The molecule has 5 rings (SSSR count). The van der Waals surface area contributed by atoms with Gasteiger partial charge in [-0.2, -0.15) is 0 Å². The molecule has 216 valence electrons. The maximum atomic E-state index is 13.7. The lowest BCUT2D eigenvalue weighted by atomic mass is 9.92. The predicted octanol–water partition coefficient (Wildman–Crippen LogP) is 5.02. The van der Waals surface area contributed by atoms with Crippen molar-refractivity contribution in [2.75, 3.05) is 20.2 Å². The Bertz CT molecular complexity index is 1480. The van der Waals surface area contributed by atoms with E-state index in [0.29, 0.717) is 19.6 Å². The third-order valence-electron chi connectivity index (χ3n) is 7.80. The van der Waals surface area contributed by atoms with Crippen LogP contribution in [0.3, 0.4) is 0 Å². The minimum Gasteiger partial charge on any atom is -0.489 e. The summed E-state index contributed by atoms with van der Waals surface area (Å²) in [6, 6.07) is 33.7. The van der Waals surface area contributed by atoms with Crippen molar-refractivity contribution in [3.05, 3.63) is 125 Å². The van der Waals surface area contributed by atoms with Gasteiger partial charge in [0.25, 0.3) is 5.91 Å². The van der Waals surface area contributed by atoms with Crippen molar-refractivity contribution in [2.24, 2.45) is 11.5 Å². The van der Waals surface area contributed by atoms with Crippen LogP contribution in [0.1, 0.15) is 41.0 Å². The second kappa shape index (κ2) is 13.0. The molecule has 42 heavy (non-hydrogen) atoms. The molecule has 0 saturated heterocycles. The zero-order valence-corrected chi connectivity index (χ0v) is 23.9. The summed E-state index contributed by atoms with van der Waals surface area (Å²) < 4.78 is 11.7. The van der Waals surface area contributed by atoms with E-state index in [2.05, 4.69) is 24.3 Å². The van der Waals surface area contributed by atoms with Crippen molar-refractivity contribution in [2.45, 2.75) is 37.5 Å². The molecule has 4 aromatic carbocycles. The lowest BCUT2D eigenvalue weighted by Crippen LogP contribution is -2.60. The van der Waals surface area contributed by atoms with Crippen molar-refractivity contribution >= 4 is 11.9 Å². The van der Waals surface area contributed by atoms with E-state index in [0.717, 1.165) is 39.1 Å². The molecule has 0 fully saturated rings. The Morgan fingerprint density at radius 1 is 0.810 bits per heavy atom. The number of amides is 1. The van der Waals surface area contributed by atoms with E-state index in [1.807, 2.05) is 78.9 Å². The number of likely N-dealkylation sites (N-methyl/N-ethyl adjacent to an activating group) is 1. The van der Waals surface area contributed by atoms with Crippen LogP contribution in [0.2, 0.25) is 0 Å². The lowest BCUT2D eigenvalue weighted by molar-refractivity contribution is -0.158. The Labute approximate surface area is 247 Å². The van der Waals surface area contributed by atoms with Crippen molar-refractivity contribution in [3.8, 4) is 16.9 Å². The van der Waals surface area contributed by atoms with Gasteiger partial charge in [-0.05, 0) is 64.9 Å². The number of rotatable bonds is 12. The quantitative estimate of drug-likeness (QED) is 0.185. The van der Waals surface area contributed by atoms with Crippen LogP contribution in [0, 0.1) is 0 Å². The minimum absolute atomic E-state index is 0.0929. The van der Waals surface area contributed by atoms with E-state index in [-0.39, 0.29) is 25.5 Å². The summed E-state index contributed by atoms with van der Waals surface area (Å²) in [7, 11) is 1.64. The molecular weight excluding hydrogens is 526 g/mol. The fourth-order valence-electron chi connectivity index (χ4n) is 5.52. The van der Waals surface area contributed by atoms with Crippen molar-refractivity contribution in [1.82, 2.24) is 4.90 Å². The maximum absolute atomic E-state index is 13.7. The van der Waals surface area contributed by atoms with Gasteiger partial charge in [0.2, 0.25) is 0 Å². The number of hydrogen-bond donors (Lipinski definition) is 2. The summed E-state index contributed by atoms with van der Waals surface area (Å²) in [5.41, 5.74) is 16.9. The highest BCUT2D eigenvalue weighted by Gasteiger charge is 2.45. The maximum Gasteiger partial charge on any atom is 0.336 e. The first kappa shape index (κ1) is 29.0. The van der Waals surface area contributed by atoms with E-state index < -0.39 is 17.4 Å². The fourth-order valence-corrected chi connectivity index (χ4v) is 5.52. The number of benzene rings is 4. The Kier molecular flexibility index (Phi) is 9.00. The monoisotopic (exact) mass is 563 g/mol. The van der Waals surface area contributed by atoms with Crippen molar-refractivity contribution < 1.29 is 19.1 Å². The molecule has 1 atom stereocenters. The van der Waals surface area contributed by atoms with Gasteiger partial charge in [-0.3, -0.25) is 4.79 Å². The van der Waals surface area contributed by atoms with Gasteiger partial charge in [0.15, 0.2) is 5.54 Å². The third-order valence-corrected chi connectivity index (χ3v) is 7.80. The molecule has 1 aliphatic carbocycles. The first-order valence-corrected chi connectivity index (χ1v) is 14.3. The highest BCUT2D eigenvalue weighted by atomic mass is 16.5. The van der Waals surface area contributed by atoms with Gasteiger partial charge in [0.05, 0.1) is 0 Å². The fraction of sp³-hybridized carbons (Fsp3) is 0.257. The van der Waals surface area contributed by atoms with Crippen LogP contribution in [0.25, 0.3) is 11.1 Å². The molecular formula is C35H37N3O4. The second-order valence-electron chi connectivity index (χ2n) is 10.8. The van der Waals surface area contributed by atoms with Crippen LogP contribution >= 0.6 is 0 Å². The van der Waals surface area contributed by atoms with Gasteiger partial charge < -0.3 is 25.8 Å². The molecule has 4 N–H and O–H groups in total. The summed E-state index contributed by atoms with van der Waals surface area (Å²) in [6.07, 6.45) is 0.503. The third kappa shape index (κ3) is 6.22. The molecule has 0 bridgehead atoms. The Morgan fingerprint density at radius 2 is 1.40 bits per heavy atom. The van der Waals surface area contributed by atoms with Crippen LogP contribution in [-0.2, 0) is 27.5 Å². The number of fused-ring (bicyclic) bond motifs is 3. The van der Waals surface area contributed by atoms with Crippen molar-refractivity contribution in [3.63, 3.8) is 0 Å². The molecule has 0 spiro atoms. The van der Waals surface area contributed by atoms with Gasteiger partial charge in [-0.15, -0.1) is 0 Å². The summed E-state index contributed by atoms with van der Waals surface area (Å²) in [6.45, 7) is 1.14. The summed E-state index contributed by atoms with van der Waals surface area (Å²) in [5.74, 6) is -0.640. The van der Waals surface area contributed by atoms with E-state index in [1.54, 1.807) is 7.05 Å². The van der Waals surface area contributed by atoms with E-state index in [9.17, 15) is 9.59 Å². The lowest BCUT2D eigenvalue weighted by Gasteiger charge is -2.31. The standard InChI is InChI=1S/C35H37N3O4/c1-38(22-25-16-18-27(19-17-25)41-23-26-10-3-2-4-11-26)33(39)35(37,20-9-21-36)34(40)42-24-32-30-14-7-5-12-28(30)29-13-6-8-15-31(29)32/h2-8,10-19,32H,9,20-24,36-37H2,1H3/t35-/m0/s1. The first-order valence-electron chi connectivity index (χ1n) is 14.3. The topological polar surface area (TPSA) is 108 Å². The first-order chi connectivity index (χ1) is 20.4. The molecule has 0 heterocycles. The molecule has 0 radical (unpaired) electrons. The van der Waals surface area contributed by atoms with Gasteiger partial charge in [0.1, 0.15) is 19.0 Å². The number of nitrogens with zero attached hydrogens (tertiary/aromatic N) is 1. The van der Waals surface area contributed by atoms with Crippen LogP contribution in [0.5, 0.6) is 5.75 Å². The molecule has 0 aromatic heterocycles. The molecule has 0 aliphatic heterocycles. The van der Waals surface area contributed by atoms with Crippen LogP contribution in [-0.4, -0.2) is 42.5 Å². The van der Waals surface area contributed by atoms with Gasteiger partial charge in [-0.25, -0.2) is 4.79 Å². The number of hydrogen-bond acceptors (Lipinski definition) is 6. The van der Waals surface area contributed by atoms with Gasteiger partial charge in [0, 0.05) is 19.5 Å². The Hall–Kier alpha value is -4.46. The van der Waals surface area contributed by atoms with Crippen LogP contribution < -0.4 is 16.2 Å². The molecule has 4 aromatic rings. The number of carbonyl (C=O) groups is 2. The smallest absolute Gasteiger partial charge is 0.336 e. The number of ether oxygens (including phenoxy) is 2. The average molecular weight is 564 g/mol. The Morgan fingerprint density at radius 3 is 2.02 bits per heavy atom. The number of carbonyl (C=O) groups excluding carboxylic acids is 2. The van der Waals surface area contributed by atoms with E-state index in [1.165, 1.54) is 4.90 Å². The van der Waals surface area contributed by atoms with Crippen molar-refractivity contribution in [1.29, 1.82) is 0 Å². The molecule has 7 heteroatoms. The highest BCUT2D eigenvalue weighted by molar-refractivity contribution is 6.07. The SMILES string of the molecule is CN(Cc1ccc(OCc2ccccc2)cc1)C(=O)[C@@](N)(CCCN)C(=O)OCC1c2ccccc2-c2ccccc21. The molecule has 1 amide bonds. The largest absolute Gasteiger partial charge is 0.489 e. The van der Waals surface area contributed by atoms with E-state index >= 15 is 0 Å². The summed E-state index contributed by atoms with van der Waals surface area (Å²) in [4.78, 5) is 28.7. The van der Waals surface area contributed by atoms with Crippen LogP contribution in [0.4, 0.5) is 0 Å². The molecule has 7 nitrogen and oxygen atoms in total. The molecule has 0 unspecified atom stereocenters. The summed E-state index contributed by atoms with van der Waals surface area (Å²) >= 11 is 0. The van der Waals surface area contributed by atoms with Gasteiger partial charge in [-0.1, -0.05) is 91.0 Å². The predicted molar refractivity (Wildman–Crippen MR) is 164 cm³/mol. The van der Waals surface area contributed by atoms with E-state index in [4.69, 9.17) is 20.9 Å². The summed E-state index contributed by atoms with van der Waals surface area (Å²) in [5, 5.41) is 0.